The highest BCUT2D eigenvalue weighted by atomic mass is 35.5. The van der Waals surface area contributed by atoms with Crippen molar-refractivity contribution in [2.45, 2.75) is 25.7 Å². The third-order valence-corrected chi connectivity index (χ3v) is 5.14. The number of Topliss-reactive ketones (excluding diaryl/α,β-unsaturated/α-hetero) is 1. The van der Waals surface area contributed by atoms with E-state index in [-0.39, 0.29) is 23.6 Å². The molecule has 0 saturated carbocycles. The molecule has 28 heavy (non-hydrogen) atoms. The first kappa shape index (κ1) is 18.3. The molecule has 2 aromatic carbocycles. The summed E-state index contributed by atoms with van der Waals surface area (Å²) in [4.78, 5) is 33.6. The van der Waals surface area contributed by atoms with Crippen LogP contribution in [-0.4, -0.2) is 21.7 Å². The maximum Gasteiger partial charge on any atom is 0.258 e. The van der Waals surface area contributed by atoms with Crippen molar-refractivity contribution in [3.05, 3.63) is 87.7 Å². The number of nitrogens with one attached hydrogen (secondary N) is 1. The van der Waals surface area contributed by atoms with Gasteiger partial charge in [-0.3, -0.25) is 14.9 Å². The summed E-state index contributed by atoms with van der Waals surface area (Å²) in [7, 11) is 0. The van der Waals surface area contributed by atoms with E-state index in [1.165, 1.54) is 6.20 Å². The molecule has 0 saturated heterocycles. The van der Waals surface area contributed by atoms with Gasteiger partial charge in [-0.1, -0.05) is 41.4 Å². The normalized spacial score (nSPS) is 15.8. The van der Waals surface area contributed by atoms with Crippen LogP contribution in [0.1, 0.15) is 49.9 Å². The summed E-state index contributed by atoms with van der Waals surface area (Å²) in [5.41, 5.74) is 3.77. The first-order valence-corrected chi connectivity index (χ1v) is 9.40. The van der Waals surface area contributed by atoms with Crippen LogP contribution in [0.15, 0.2) is 54.7 Å². The van der Waals surface area contributed by atoms with Crippen LogP contribution in [0.2, 0.25) is 5.02 Å². The molecule has 1 heterocycles. The molecule has 0 spiro atoms. The summed E-state index contributed by atoms with van der Waals surface area (Å²) in [6.45, 7) is 1.93. The number of rotatable bonds is 3. The fourth-order valence-corrected chi connectivity index (χ4v) is 3.56. The Hall–Kier alpha value is -3.05. The molecule has 5 nitrogen and oxygen atoms in total. The van der Waals surface area contributed by atoms with Crippen molar-refractivity contribution in [2.75, 3.05) is 5.32 Å². The third kappa shape index (κ3) is 3.80. The second-order valence-corrected chi connectivity index (χ2v) is 7.39. The number of carbonyl (C=O) groups is 2. The van der Waals surface area contributed by atoms with Crippen molar-refractivity contribution in [3.63, 3.8) is 0 Å². The first-order chi connectivity index (χ1) is 13.5. The quantitative estimate of drug-likeness (QED) is 0.708. The van der Waals surface area contributed by atoms with Gasteiger partial charge in [0.05, 0.1) is 11.3 Å². The summed E-state index contributed by atoms with van der Waals surface area (Å²) in [5.74, 6) is -0.0277. The van der Waals surface area contributed by atoms with Crippen LogP contribution in [0.3, 0.4) is 0 Å². The number of aryl methyl sites for hydroxylation is 1. The van der Waals surface area contributed by atoms with E-state index >= 15 is 0 Å². The smallest absolute Gasteiger partial charge is 0.258 e. The van der Waals surface area contributed by atoms with Crippen LogP contribution in [0.25, 0.3) is 0 Å². The fraction of sp³-hybridized carbons (Fsp3) is 0.182. The lowest BCUT2D eigenvalue weighted by Gasteiger charge is -2.23. The molecule has 1 aliphatic rings. The van der Waals surface area contributed by atoms with Crippen LogP contribution in [0, 0.1) is 6.92 Å². The van der Waals surface area contributed by atoms with Crippen LogP contribution in [-0.2, 0) is 6.42 Å². The van der Waals surface area contributed by atoms with Crippen LogP contribution >= 0.6 is 11.6 Å². The fourth-order valence-electron chi connectivity index (χ4n) is 3.44. The third-order valence-electron chi connectivity index (χ3n) is 4.89. The molecule has 3 aromatic rings. The lowest BCUT2D eigenvalue weighted by molar-refractivity contribution is 0.0962. The standard InChI is InChI=1S/C22H18ClN3O2/c1-13-3-2-4-15(9-13)21(28)26-22-24-12-18-19(25-22)10-16(11-20(18)27)14-5-7-17(23)8-6-14/h2-9,12,16H,10-11H2,1H3,(H,24,25,26,28). The molecule has 0 aliphatic heterocycles. The summed E-state index contributed by atoms with van der Waals surface area (Å²) in [5, 5.41) is 3.38. The van der Waals surface area contributed by atoms with Crippen molar-refractivity contribution < 1.29 is 9.59 Å². The van der Waals surface area contributed by atoms with Crippen molar-refractivity contribution >= 4 is 29.2 Å². The van der Waals surface area contributed by atoms with Crippen molar-refractivity contribution in [2.24, 2.45) is 0 Å². The van der Waals surface area contributed by atoms with E-state index < -0.39 is 0 Å². The summed E-state index contributed by atoms with van der Waals surface area (Å²) in [6.07, 6.45) is 2.53. The average Bonchev–Trinajstić information content (AvgIpc) is 2.68. The highest BCUT2D eigenvalue weighted by Gasteiger charge is 2.28. The Morgan fingerprint density at radius 2 is 1.93 bits per heavy atom. The summed E-state index contributed by atoms with van der Waals surface area (Å²) < 4.78 is 0. The van der Waals surface area contributed by atoms with E-state index in [9.17, 15) is 9.59 Å². The van der Waals surface area contributed by atoms with Crippen LogP contribution in [0.5, 0.6) is 0 Å². The average molecular weight is 392 g/mol. The molecule has 140 valence electrons. The number of hydrogen-bond donors (Lipinski definition) is 1. The zero-order valence-corrected chi connectivity index (χ0v) is 16.0. The van der Waals surface area contributed by atoms with Gasteiger partial charge in [-0.05, 0) is 49.1 Å². The minimum atomic E-state index is -0.278. The minimum absolute atomic E-state index is 0.0118. The zero-order valence-electron chi connectivity index (χ0n) is 15.3. The lowest BCUT2D eigenvalue weighted by Crippen LogP contribution is -2.22. The summed E-state index contributed by atoms with van der Waals surface area (Å²) >= 11 is 5.96. The Morgan fingerprint density at radius 1 is 1.14 bits per heavy atom. The van der Waals surface area contributed by atoms with E-state index in [1.807, 2.05) is 43.3 Å². The van der Waals surface area contributed by atoms with Gasteiger partial charge in [0.25, 0.3) is 5.91 Å². The number of benzene rings is 2. The van der Waals surface area contributed by atoms with Gasteiger partial charge >= 0.3 is 0 Å². The Bertz CT molecular complexity index is 1060. The number of nitrogens with zero attached hydrogens (tertiary/aromatic N) is 2. The first-order valence-electron chi connectivity index (χ1n) is 9.02. The SMILES string of the molecule is Cc1cccc(C(=O)Nc2ncc3c(n2)CC(c2ccc(Cl)cc2)CC3=O)c1. The second kappa shape index (κ2) is 7.52. The van der Waals surface area contributed by atoms with Gasteiger partial charge in [0.1, 0.15) is 0 Å². The van der Waals surface area contributed by atoms with Crippen molar-refractivity contribution in [1.29, 1.82) is 0 Å². The second-order valence-electron chi connectivity index (χ2n) is 6.96. The molecule has 1 N–H and O–H groups in total. The highest BCUT2D eigenvalue weighted by molar-refractivity contribution is 6.30. The number of hydrogen-bond acceptors (Lipinski definition) is 4. The predicted octanol–water partition coefficient (Wildman–Crippen LogP) is 4.60. The van der Waals surface area contributed by atoms with Crippen LogP contribution in [0.4, 0.5) is 5.95 Å². The van der Waals surface area contributed by atoms with Gasteiger partial charge in [-0.2, -0.15) is 0 Å². The van der Waals surface area contributed by atoms with Crippen molar-refractivity contribution in [3.8, 4) is 0 Å². The molecule has 0 bridgehead atoms. The van der Waals surface area contributed by atoms with E-state index in [4.69, 9.17) is 11.6 Å². The summed E-state index contributed by atoms with van der Waals surface area (Å²) in [6, 6.07) is 14.8. The molecule has 1 aromatic heterocycles. The maximum absolute atomic E-state index is 12.5. The molecule has 1 unspecified atom stereocenters. The van der Waals surface area contributed by atoms with Crippen LogP contribution < -0.4 is 5.32 Å². The van der Waals surface area contributed by atoms with Gasteiger partial charge in [0.2, 0.25) is 5.95 Å². The van der Waals surface area contributed by atoms with Gasteiger partial charge in [-0.15, -0.1) is 0 Å². The Morgan fingerprint density at radius 3 is 2.68 bits per heavy atom. The molecular formula is C22H18ClN3O2. The Kier molecular flexibility index (Phi) is 4.92. The largest absolute Gasteiger partial charge is 0.294 e. The molecular weight excluding hydrogens is 374 g/mol. The van der Waals surface area contributed by atoms with E-state index in [0.29, 0.717) is 34.7 Å². The number of carbonyl (C=O) groups excluding carboxylic acids is 2. The minimum Gasteiger partial charge on any atom is -0.294 e. The molecule has 1 atom stereocenters. The molecule has 0 fully saturated rings. The highest BCUT2D eigenvalue weighted by Crippen LogP contribution is 2.32. The topological polar surface area (TPSA) is 72.0 Å². The van der Waals surface area contributed by atoms with E-state index in [2.05, 4.69) is 15.3 Å². The molecule has 6 heteroatoms. The van der Waals surface area contributed by atoms with E-state index in [0.717, 1.165) is 11.1 Å². The number of aromatic nitrogens is 2. The molecule has 1 amide bonds. The number of ketones is 1. The predicted molar refractivity (Wildman–Crippen MR) is 108 cm³/mol. The Balaban J connectivity index is 1.57. The van der Waals surface area contributed by atoms with Gasteiger partial charge in [0.15, 0.2) is 5.78 Å². The van der Waals surface area contributed by atoms with E-state index in [1.54, 1.807) is 12.1 Å². The number of amides is 1. The molecule has 1 aliphatic carbocycles. The number of anilines is 1. The maximum atomic E-state index is 12.5. The number of halogens is 1. The monoisotopic (exact) mass is 391 g/mol. The molecule has 4 rings (SSSR count). The zero-order chi connectivity index (χ0) is 19.7. The van der Waals surface area contributed by atoms with Gasteiger partial charge < -0.3 is 0 Å². The molecule has 0 radical (unpaired) electrons. The Labute approximate surface area is 167 Å². The number of fused-ring (bicyclic) bond motifs is 1. The van der Waals surface area contributed by atoms with Gasteiger partial charge in [-0.25, -0.2) is 9.97 Å². The lowest BCUT2D eigenvalue weighted by atomic mass is 9.82. The van der Waals surface area contributed by atoms with Gasteiger partial charge in [0, 0.05) is 23.2 Å². The van der Waals surface area contributed by atoms with Crippen molar-refractivity contribution in [1.82, 2.24) is 9.97 Å².